The first-order valence-corrected chi connectivity index (χ1v) is 8.73. The molecule has 1 amide bonds. The van der Waals surface area contributed by atoms with Crippen molar-refractivity contribution in [2.45, 2.75) is 25.6 Å². The second kappa shape index (κ2) is 9.98. The van der Waals surface area contributed by atoms with E-state index in [4.69, 9.17) is 37.4 Å². The summed E-state index contributed by atoms with van der Waals surface area (Å²) in [7, 11) is 0. The number of anilines is 1. The van der Waals surface area contributed by atoms with Crippen LogP contribution < -0.4 is 10.1 Å². The Bertz CT molecular complexity index is 507. The van der Waals surface area contributed by atoms with Crippen LogP contribution in [0.25, 0.3) is 0 Å². The van der Waals surface area contributed by atoms with Crippen LogP contribution in [0.5, 0.6) is 5.75 Å². The lowest BCUT2D eigenvalue weighted by molar-refractivity contribution is -0.182. The van der Waals surface area contributed by atoms with Crippen LogP contribution in [0.2, 0.25) is 0 Å². The number of carbonyl (C=O) groups excluding carboxylic acids is 1. The molecule has 1 saturated heterocycles. The molecule has 1 fully saturated rings. The van der Waals surface area contributed by atoms with Crippen LogP contribution in [0.3, 0.4) is 0 Å². The molecule has 0 radical (unpaired) electrons. The van der Waals surface area contributed by atoms with Crippen molar-refractivity contribution in [3.8, 4) is 5.75 Å². The summed E-state index contributed by atoms with van der Waals surface area (Å²) in [6, 6.07) is 5.45. The van der Waals surface area contributed by atoms with Crippen LogP contribution in [0.15, 0.2) is 18.2 Å². The molecule has 1 aliphatic heterocycles. The Labute approximate surface area is 146 Å². The lowest BCUT2D eigenvalue weighted by atomic mass is 10.1. The first-order chi connectivity index (χ1) is 11.2. The predicted octanol–water partition coefficient (Wildman–Crippen LogP) is 3.70. The molecule has 1 aromatic rings. The zero-order chi connectivity index (χ0) is 16.5. The highest BCUT2D eigenvalue weighted by molar-refractivity contribution is 6.29. The van der Waals surface area contributed by atoms with Gasteiger partial charge in [0.25, 0.3) is 0 Å². The summed E-state index contributed by atoms with van der Waals surface area (Å²) >= 11 is 11.2. The molecule has 0 unspecified atom stereocenters. The van der Waals surface area contributed by atoms with Gasteiger partial charge in [-0.25, -0.2) is 0 Å². The summed E-state index contributed by atoms with van der Waals surface area (Å²) in [5.74, 6) is 0.884. The average Bonchev–Trinajstić information content (AvgIpc) is 2.59. The zero-order valence-corrected chi connectivity index (χ0v) is 14.4. The maximum absolute atomic E-state index is 11.6. The Morgan fingerprint density at radius 3 is 2.74 bits per heavy atom. The molecule has 0 aromatic heterocycles. The first-order valence-electron chi connectivity index (χ1n) is 7.66. The highest BCUT2D eigenvalue weighted by atomic mass is 35.5. The second-order valence-electron chi connectivity index (χ2n) is 5.10. The fourth-order valence-electron chi connectivity index (χ4n) is 2.18. The molecule has 23 heavy (non-hydrogen) atoms. The normalized spacial score (nSPS) is 15.4. The van der Waals surface area contributed by atoms with Crippen molar-refractivity contribution in [2.75, 3.05) is 36.9 Å². The van der Waals surface area contributed by atoms with Crippen molar-refractivity contribution >= 4 is 34.8 Å². The van der Waals surface area contributed by atoms with E-state index in [1.807, 2.05) is 12.1 Å². The standard InChI is InChI=1S/C16H21Cl2NO4/c17-6-1-2-7-21-12-4-5-13(16-22-8-3-9-23-16)14(10-12)19-15(20)11-18/h4-5,10,16H,1-3,6-9,11H2,(H,19,20). The van der Waals surface area contributed by atoms with Crippen LogP contribution in [0, 0.1) is 0 Å². The highest BCUT2D eigenvalue weighted by Crippen LogP contribution is 2.32. The topological polar surface area (TPSA) is 56.8 Å². The molecule has 128 valence electrons. The van der Waals surface area contributed by atoms with Crippen molar-refractivity contribution in [3.63, 3.8) is 0 Å². The predicted molar refractivity (Wildman–Crippen MR) is 90.5 cm³/mol. The van der Waals surface area contributed by atoms with Crippen LogP contribution >= 0.6 is 23.2 Å². The number of unbranched alkanes of at least 4 members (excludes halogenated alkanes) is 1. The molecular weight excluding hydrogens is 341 g/mol. The highest BCUT2D eigenvalue weighted by Gasteiger charge is 2.21. The van der Waals surface area contributed by atoms with Gasteiger partial charge in [-0.15, -0.1) is 23.2 Å². The van der Waals surface area contributed by atoms with Gasteiger partial charge in [-0.3, -0.25) is 4.79 Å². The molecule has 2 rings (SSSR count). The fourth-order valence-corrected chi connectivity index (χ4v) is 2.43. The van der Waals surface area contributed by atoms with Gasteiger partial charge in [-0.2, -0.15) is 0 Å². The molecule has 7 heteroatoms. The van der Waals surface area contributed by atoms with E-state index in [9.17, 15) is 4.79 Å². The third-order valence-corrected chi connectivity index (χ3v) is 3.81. The van der Waals surface area contributed by atoms with Crippen molar-refractivity contribution < 1.29 is 19.0 Å². The Kier molecular flexibility index (Phi) is 7.95. The molecule has 0 atom stereocenters. The van der Waals surface area contributed by atoms with E-state index < -0.39 is 6.29 Å². The number of nitrogens with one attached hydrogen (secondary N) is 1. The Hall–Kier alpha value is -1.01. The number of amides is 1. The number of hydrogen-bond acceptors (Lipinski definition) is 4. The Morgan fingerprint density at radius 1 is 1.26 bits per heavy atom. The molecule has 1 N–H and O–H groups in total. The largest absolute Gasteiger partial charge is 0.494 e. The van der Waals surface area contributed by atoms with E-state index in [2.05, 4.69) is 5.32 Å². The van der Waals surface area contributed by atoms with E-state index >= 15 is 0 Å². The molecule has 0 saturated carbocycles. The van der Waals surface area contributed by atoms with Gasteiger partial charge in [0.2, 0.25) is 5.91 Å². The number of rotatable bonds is 8. The van der Waals surface area contributed by atoms with Gasteiger partial charge < -0.3 is 19.5 Å². The summed E-state index contributed by atoms with van der Waals surface area (Å²) in [5.41, 5.74) is 1.36. The van der Waals surface area contributed by atoms with Gasteiger partial charge in [-0.05, 0) is 31.4 Å². The van der Waals surface area contributed by atoms with Gasteiger partial charge >= 0.3 is 0 Å². The number of hydrogen-bond donors (Lipinski definition) is 1. The summed E-state index contributed by atoms with van der Waals surface area (Å²) in [6.07, 6.45) is 2.16. The minimum atomic E-state index is -0.486. The second-order valence-corrected chi connectivity index (χ2v) is 5.75. The number of ether oxygens (including phenoxy) is 3. The van der Waals surface area contributed by atoms with Crippen molar-refractivity contribution in [3.05, 3.63) is 23.8 Å². The van der Waals surface area contributed by atoms with Gasteiger partial charge in [-0.1, -0.05) is 0 Å². The minimum Gasteiger partial charge on any atom is -0.494 e. The lowest BCUT2D eigenvalue weighted by Gasteiger charge is -2.25. The van der Waals surface area contributed by atoms with E-state index in [1.165, 1.54) is 0 Å². The molecule has 1 heterocycles. The average molecular weight is 362 g/mol. The molecule has 1 aromatic carbocycles. The van der Waals surface area contributed by atoms with E-state index in [1.54, 1.807) is 6.07 Å². The number of carbonyl (C=O) groups is 1. The number of alkyl halides is 2. The van der Waals surface area contributed by atoms with Crippen molar-refractivity contribution in [1.29, 1.82) is 0 Å². The Morgan fingerprint density at radius 2 is 2.04 bits per heavy atom. The summed E-state index contributed by atoms with van der Waals surface area (Å²) in [5, 5.41) is 2.77. The summed E-state index contributed by atoms with van der Waals surface area (Å²) in [6.45, 7) is 1.83. The van der Waals surface area contributed by atoms with Crippen molar-refractivity contribution in [2.24, 2.45) is 0 Å². The van der Waals surface area contributed by atoms with Crippen LogP contribution in [-0.4, -0.2) is 37.5 Å². The summed E-state index contributed by atoms with van der Waals surface area (Å²) < 4.78 is 16.9. The van der Waals surface area contributed by atoms with Crippen LogP contribution in [-0.2, 0) is 14.3 Å². The molecule has 5 nitrogen and oxygen atoms in total. The quantitative estimate of drug-likeness (QED) is 0.566. The molecule has 1 aliphatic rings. The molecule has 0 aliphatic carbocycles. The van der Waals surface area contributed by atoms with Gasteiger partial charge in [0.05, 0.1) is 25.5 Å². The van der Waals surface area contributed by atoms with E-state index in [0.717, 1.165) is 24.8 Å². The van der Waals surface area contributed by atoms with Crippen LogP contribution in [0.4, 0.5) is 5.69 Å². The zero-order valence-electron chi connectivity index (χ0n) is 12.9. The van der Waals surface area contributed by atoms with E-state index in [0.29, 0.717) is 37.1 Å². The van der Waals surface area contributed by atoms with Crippen LogP contribution in [0.1, 0.15) is 31.1 Å². The maximum atomic E-state index is 11.6. The first kappa shape index (κ1) is 18.3. The smallest absolute Gasteiger partial charge is 0.239 e. The minimum absolute atomic E-state index is 0.118. The van der Waals surface area contributed by atoms with E-state index in [-0.39, 0.29) is 11.8 Å². The van der Waals surface area contributed by atoms with Gasteiger partial charge in [0.15, 0.2) is 6.29 Å². The maximum Gasteiger partial charge on any atom is 0.239 e. The lowest BCUT2D eigenvalue weighted by Crippen LogP contribution is -2.21. The molecular formula is C16H21Cl2NO4. The van der Waals surface area contributed by atoms with Crippen molar-refractivity contribution in [1.82, 2.24) is 0 Å². The monoisotopic (exact) mass is 361 g/mol. The SMILES string of the molecule is O=C(CCl)Nc1cc(OCCCCCl)ccc1C1OCCCO1. The number of benzene rings is 1. The summed E-state index contributed by atoms with van der Waals surface area (Å²) in [4.78, 5) is 11.6. The van der Waals surface area contributed by atoms with Gasteiger partial charge in [0.1, 0.15) is 11.6 Å². The molecule has 0 spiro atoms. The third-order valence-electron chi connectivity index (χ3n) is 3.30. The fraction of sp³-hybridized carbons (Fsp3) is 0.562. The third kappa shape index (κ3) is 5.84. The molecule has 0 bridgehead atoms. The Balaban J connectivity index is 2.11. The number of halogens is 2. The van der Waals surface area contributed by atoms with Gasteiger partial charge in [0, 0.05) is 17.5 Å².